The maximum atomic E-state index is 13.0. The van der Waals surface area contributed by atoms with Crippen molar-refractivity contribution in [2.24, 2.45) is 5.41 Å². The molecule has 4 heterocycles. The zero-order chi connectivity index (χ0) is 18.4. The van der Waals surface area contributed by atoms with Crippen LogP contribution in [-0.4, -0.2) is 74.4 Å². The normalized spacial score (nSPS) is 37.4. The first kappa shape index (κ1) is 18.2. The Morgan fingerprint density at radius 1 is 1.23 bits per heavy atom. The third kappa shape index (κ3) is 2.75. The average Bonchev–Trinajstić information content (AvgIpc) is 3.24. The molecule has 2 bridgehead atoms. The van der Waals surface area contributed by atoms with Crippen LogP contribution in [0.1, 0.15) is 44.9 Å². The molecule has 4 aliphatic heterocycles. The lowest BCUT2D eigenvalue weighted by Crippen LogP contribution is -2.61. The number of carbonyl (C=O) groups is 2. The molecule has 146 valence electrons. The fraction of sp³-hybridized carbons (Fsp3) is 0.895. The summed E-state index contributed by atoms with van der Waals surface area (Å²) in [5, 5.41) is 6.43. The Morgan fingerprint density at radius 2 is 1.96 bits per heavy atom. The van der Waals surface area contributed by atoms with Gasteiger partial charge in [0.1, 0.15) is 0 Å². The van der Waals surface area contributed by atoms with Gasteiger partial charge in [-0.25, -0.2) is 0 Å². The summed E-state index contributed by atoms with van der Waals surface area (Å²) in [6.07, 6.45) is 5.64. The van der Waals surface area contributed by atoms with E-state index < -0.39 is 5.41 Å². The first-order chi connectivity index (χ1) is 12.4. The summed E-state index contributed by atoms with van der Waals surface area (Å²) in [6.45, 7) is 3.01. The molecular formula is C19H31N3O4. The predicted octanol–water partition coefficient (Wildman–Crippen LogP) is 0.431. The number of nitrogens with zero attached hydrogens (tertiary/aromatic N) is 1. The monoisotopic (exact) mass is 365 g/mol. The highest BCUT2D eigenvalue weighted by molar-refractivity contribution is 5.86. The molecule has 5 rings (SSSR count). The Kier molecular flexibility index (Phi) is 4.52. The maximum absolute atomic E-state index is 13.0. The maximum Gasteiger partial charge on any atom is 0.231 e. The number of nitrogens with one attached hydrogen (secondary N) is 2. The molecule has 0 aromatic rings. The lowest BCUT2D eigenvalue weighted by molar-refractivity contribution is -0.149. The summed E-state index contributed by atoms with van der Waals surface area (Å²) in [6, 6.07) is 0. The van der Waals surface area contributed by atoms with Crippen LogP contribution in [0.15, 0.2) is 0 Å². The Morgan fingerprint density at radius 3 is 2.58 bits per heavy atom. The molecule has 2 N–H and O–H groups in total. The van der Waals surface area contributed by atoms with Crippen molar-refractivity contribution in [3.63, 3.8) is 0 Å². The van der Waals surface area contributed by atoms with Gasteiger partial charge < -0.3 is 25.0 Å². The van der Waals surface area contributed by atoms with E-state index in [2.05, 4.69) is 10.6 Å². The standard InChI is InChI=1S/C19H31N3O4/c1-22(2)16(24)18-11-17(12-18,26-19(18)5-7-20-8-6-19)13-21-15(23)10-14-4-3-9-25-14/h14,20H,3-13H2,1-2H3,(H,21,23). The fourth-order valence-electron chi connectivity index (χ4n) is 5.65. The average molecular weight is 365 g/mol. The molecule has 7 nitrogen and oxygen atoms in total. The van der Waals surface area contributed by atoms with Gasteiger partial charge in [0, 0.05) is 27.2 Å². The molecular weight excluding hydrogens is 334 g/mol. The zero-order valence-corrected chi connectivity index (χ0v) is 15.9. The Hall–Kier alpha value is -1.18. The lowest BCUT2D eigenvalue weighted by atomic mass is 9.53. The van der Waals surface area contributed by atoms with Crippen LogP contribution in [0.4, 0.5) is 0 Å². The van der Waals surface area contributed by atoms with E-state index >= 15 is 0 Å². The van der Waals surface area contributed by atoms with E-state index in [0.717, 1.165) is 58.2 Å². The highest BCUT2D eigenvalue weighted by Crippen LogP contribution is 2.69. The van der Waals surface area contributed by atoms with Crippen molar-refractivity contribution >= 4 is 11.8 Å². The Labute approximate surface area is 155 Å². The Bertz CT molecular complexity index is 573. The van der Waals surface area contributed by atoms with Gasteiger partial charge in [0.2, 0.25) is 11.8 Å². The van der Waals surface area contributed by atoms with E-state index in [4.69, 9.17) is 9.47 Å². The molecule has 1 spiro atoms. The summed E-state index contributed by atoms with van der Waals surface area (Å²) in [5.41, 5.74) is -1.17. The third-order valence-corrected chi connectivity index (χ3v) is 6.80. The van der Waals surface area contributed by atoms with Crippen molar-refractivity contribution in [3.05, 3.63) is 0 Å². The van der Waals surface area contributed by atoms with Crippen molar-refractivity contribution < 1.29 is 19.1 Å². The summed E-state index contributed by atoms with van der Waals surface area (Å²) in [4.78, 5) is 27.0. The minimum absolute atomic E-state index is 0.0255. The number of ether oxygens (including phenoxy) is 2. The van der Waals surface area contributed by atoms with Gasteiger partial charge in [-0.3, -0.25) is 9.59 Å². The third-order valence-electron chi connectivity index (χ3n) is 6.80. The van der Waals surface area contributed by atoms with Gasteiger partial charge >= 0.3 is 0 Å². The van der Waals surface area contributed by atoms with Gasteiger partial charge in [0.15, 0.2) is 0 Å². The number of rotatable bonds is 5. The number of amides is 2. The number of hydrogen-bond donors (Lipinski definition) is 2. The molecule has 1 aliphatic carbocycles. The van der Waals surface area contributed by atoms with Crippen molar-refractivity contribution in [3.8, 4) is 0 Å². The van der Waals surface area contributed by atoms with Crippen molar-refractivity contribution in [1.29, 1.82) is 0 Å². The van der Waals surface area contributed by atoms with E-state index in [-0.39, 0.29) is 29.1 Å². The SMILES string of the molecule is CN(C)C(=O)C12CC(CNC(=O)CC3CCCO3)(C1)OC21CCNCC1. The molecule has 5 aliphatic rings. The van der Waals surface area contributed by atoms with Gasteiger partial charge in [-0.15, -0.1) is 0 Å². The molecule has 4 saturated heterocycles. The van der Waals surface area contributed by atoms with Crippen LogP contribution in [0.3, 0.4) is 0 Å². The molecule has 1 unspecified atom stereocenters. The summed E-state index contributed by atoms with van der Waals surface area (Å²) < 4.78 is 12.2. The molecule has 5 fully saturated rings. The summed E-state index contributed by atoms with van der Waals surface area (Å²) >= 11 is 0. The second-order valence-electron chi connectivity index (χ2n) is 8.78. The first-order valence-electron chi connectivity index (χ1n) is 9.91. The lowest BCUT2D eigenvalue weighted by Gasteiger charge is -2.49. The minimum atomic E-state index is -0.419. The van der Waals surface area contributed by atoms with Crippen LogP contribution in [0.2, 0.25) is 0 Å². The topological polar surface area (TPSA) is 79.9 Å². The number of piperidine rings is 1. The molecule has 0 aromatic heterocycles. The quantitative estimate of drug-likeness (QED) is 0.739. The Balaban J connectivity index is 1.42. The molecule has 2 amide bonds. The van der Waals surface area contributed by atoms with Crippen LogP contribution in [0.5, 0.6) is 0 Å². The van der Waals surface area contributed by atoms with Crippen LogP contribution < -0.4 is 10.6 Å². The van der Waals surface area contributed by atoms with Crippen LogP contribution in [0.25, 0.3) is 0 Å². The van der Waals surface area contributed by atoms with E-state index in [1.54, 1.807) is 4.90 Å². The molecule has 1 saturated carbocycles. The number of carbonyl (C=O) groups excluding carboxylic acids is 2. The van der Waals surface area contributed by atoms with Crippen molar-refractivity contribution in [2.45, 2.75) is 62.3 Å². The fourth-order valence-corrected chi connectivity index (χ4v) is 5.65. The van der Waals surface area contributed by atoms with E-state index in [9.17, 15) is 9.59 Å². The van der Waals surface area contributed by atoms with Crippen LogP contribution in [-0.2, 0) is 19.1 Å². The highest BCUT2D eigenvalue weighted by atomic mass is 16.5. The summed E-state index contributed by atoms with van der Waals surface area (Å²) in [7, 11) is 3.65. The smallest absolute Gasteiger partial charge is 0.231 e. The van der Waals surface area contributed by atoms with E-state index in [1.807, 2.05) is 14.1 Å². The van der Waals surface area contributed by atoms with Gasteiger partial charge in [-0.05, 0) is 51.6 Å². The second kappa shape index (κ2) is 6.46. The second-order valence-corrected chi connectivity index (χ2v) is 8.78. The van der Waals surface area contributed by atoms with Gasteiger partial charge in [-0.1, -0.05) is 0 Å². The van der Waals surface area contributed by atoms with Crippen molar-refractivity contribution in [1.82, 2.24) is 15.5 Å². The van der Waals surface area contributed by atoms with Gasteiger partial charge in [0.25, 0.3) is 0 Å². The predicted molar refractivity (Wildman–Crippen MR) is 95.6 cm³/mol. The molecule has 0 aromatic carbocycles. The largest absolute Gasteiger partial charge is 0.378 e. The molecule has 0 radical (unpaired) electrons. The highest BCUT2D eigenvalue weighted by Gasteiger charge is 2.77. The molecule has 7 heteroatoms. The zero-order valence-electron chi connectivity index (χ0n) is 15.9. The van der Waals surface area contributed by atoms with E-state index in [0.29, 0.717) is 13.0 Å². The number of hydrogen-bond acceptors (Lipinski definition) is 5. The first-order valence-corrected chi connectivity index (χ1v) is 9.91. The van der Waals surface area contributed by atoms with Gasteiger partial charge in [-0.2, -0.15) is 0 Å². The molecule has 26 heavy (non-hydrogen) atoms. The van der Waals surface area contributed by atoms with Gasteiger partial charge in [0.05, 0.1) is 29.1 Å². The van der Waals surface area contributed by atoms with Crippen LogP contribution in [0, 0.1) is 5.41 Å². The molecule has 1 atom stereocenters. The van der Waals surface area contributed by atoms with E-state index in [1.165, 1.54) is 0 Å². The van der Waals surface area contributed by atoms with Crippen LogP contribution >= 0.6 is 0 Å². The summed E-state index contributed by atoms with van der Waals surface area (Å²) in [5.74, 6) is 0.204. The minimum Gasteiger partial charge on any atom is -0.378 e. The van der Waals surface area contributed by atoms with Crippen molar-refractivity contribution in [2.75, 3.05) is 40.3 Å².